The number of fused-ring (bicyclic) bond motifs is 1. The third-order valence-electron chi connectivity index (χ3n) is 1.85. The predicted octanol–water partition coefficient (Wildman–Crippen LogP) is 2.55. The smallest absolute Gasteiger partial charge is 0.258 e. The Morgan fingerprint density at radius 1 is 1.31 bits per heavy atom. The van der Waals surface area contributed by atoms with Crippen LogP contribution in [-0.4, -0.2) is 4.92 Å². The summed E-state index contributed by atoms with van der Waals surface area (Å²) in [5.74, 6) is 0. The summed E-state index contributed by atoms with van der Waals surface area (Å²) >= 11 is 0. The average Bonchev–Trinajstić information content (AvgIpc) is 2.17. The number of nitro benzene ring substituents is 1. The molecule has 2 aromatic rings. The molecule has 0 aliphatic carbocycles. The van der Waals surface area contributed by atoms with Gasteiger partial charge in [0.1, 0.15) is 0 Å². The van der Waals surface area contributed by atoms with Gasteiger partial charge in [0.05, 0.1) is 4.92 Å². The quantitative estimate of drug-likeness (QED) is 0.490. The van der Waals surface area contributed by atoms with Crippen molar-refractivity contribution >= 4 is 16.5 Å². The first-order valence-corrected chi connectivity index (χ1v) is 3.82. The van der Waals surface area contributed by atoms with Crippen LogP contribution >= 0.6 is 0 Å². The summed E-state index contributed by atoms with van der Waals surface area (Å²) in [5, 5.41) is 12.2. The van der Waals surface area contributed by atoms with E-state index in [-0.39, 0.29) is 5.69 Å². The van der Waals surface area contributed by atoms with E-state index in [4.69, 9.17) is 0 Å². The van der Waals surface area contributed by atoms with Crippen LogP contribution in [0.15, 0.2) is 36.4 Å². The lowest BCUT2D eigenvalue weighted by Gasteiger charge is -1.95. The standard InChI is InChI=1S/C10H6NO2/c12-11(13)10-6-5-8-3-1-2-4-9(8)7-10/h1-4,6-7H. The number of nitro groups is 1. The number of rotatable bonds is 1. The number of non-ortho nitro benzene ring substituents is 1. The normalized spacial score (nSPS) is 10.2. The number of hydrogen-bond acceptors (Lipinski definition) is 2. The highest BCUT2D eigenvalue weighted by Crippen LogP contribution is 2.19. The van der Waals surface area contributed by atoms with Crippen LogP contribution in [0.3, 0.4) is 0 Å². The molecule has 63 valence electrons. The zero-order valence-corrected chi connectivity index (χ0v) is 6.73. The van der Waals surface area contributed by atoms with Gasteiger partial charge < -0.3 is 0 Å². The van der Waals surface area contributed by atoms with Gasteiger partial charge in [-0.15, -0.1) is 0 Å². The Kier molecular flexibility index (Phi) is 1.70. The van der Waals surface area contributed by atoms with Crippen LogP contribution in [0.4, 0.5) is 5.69 Å². The second-order valence-electron chi connectivity index (χ2n) is 2.70. The van der Waals surface area contributed by atoms with Crippen LogP contribution in [0, 0.1) is 16.2 Å². The summed E-state index contributed by atoms with van der Waals surface area (Å²) < 4.78 is 0. The van der Waals surface area contributed by atoms with Gasteiger partial charge in [-0.1, -0.05) is 24.3 Å². The van der Waals surface area contributed by atoms with E-state index in [9.17, 15) is 10.1 Å². The van der Waals surface area contributed by atoms with Crippen LogP contribution in [0.25, 0.3) is 10.8 Å². The number of benzene rings is 2. The Labute approximate surface area is 74.8 Å². The van der Waals surface area contributed by atoms with Gasteiger partial charge in [-0.3, -0.25) is 10.1 Å². The van der Waals surface area contributed by atoms with Crippen molar-refractivity contribution in [2.75, 3.05) is 0 Å². The molecule has 0 aliphatic heterocycles. The van der Waals surface area contributed by atoms with Crippen molar-refractivity contribution in [3.05, 3.63) is 52.6 Å². The van der Waals surface area contributed by atoms with Crippen molar-refractivity contribution < 1.29 is 4.92 Å². The summed E-state index contributed by atoms with van der Waals surface area (Å²) in [6.45, 7) is 0. The van der Waals surface area contributed by atoms with Crippen molar-refractivity contribution in [1.82, 2.24) is 0 Å². The van der Waals surface area contributed by atoms with Crippen molar-refractivity contribution in [2.24, 2.45) is 0 Å². The van der Waals surface area contributed by atoms with Crippen LogP contribution in [0.5, 0.6) is 0 Å². The van der Waals surface area contributed by atoms with Crippen LogP contribution in [-0.2, 0) is 0 Å². The minimum Gasteiger partial charge on any atom is -0.258 e. The molecule has 0 saturated carbocycles. The second-order valence-corrected chi connectivity index (χ2v) is 2.70. The molecule has 0 N–H and O–H groups in total. The van der Waals surface area contributed by atoms with Gasteiger partial charge in [0.15, 0.2) is 0 Å². The van der Waals surface area contributed by atoms with E-state index in [0.29, 0.717) is 0 Å². The van der Waals surface area contributed by atoms with Gasteiger partial charge >= 0.3 is 0 Å². The molecule has 0 aliphatic rings. The predicted molar refractivity (Wildman–Crippen MR) is 49.4 cm³/mol. The Morgan fingerprint density at radius 3 is 2.85 bits per heavy atom. The molecule has 3 nitrogen and oxygen atoms in total. The fraction of sp³-hybridized carbons (Fsp3) is 0. The van der Waals surface area contributed by atoms with Crippen molar-refractivity contribution in [3.8, 4) is 0 Å². The second kappa shape index (κ2) is 2.86. The van der Waals surface area contributed by atoms with Crippen molar-refractivity contribution in [1.29, 1.82) is 0 Å². The molecule has 0 amide bonds. The molecule has 0 unspecified atom stereocenters. The fourth-order valence-corrected chi connectivity index (χ4v) is 1.21. The van der Waals surface area contributed by atoms with Crippen molar-refractivity contribution in [3.63, 3.8) is 0 Å². The first kappa shape index (κ1) is 7.73. The average molecular weight is 172 g/mol. The maximum Gasteiger partial charge on any atom is 0.270 e. The Hall–Kier alpha value is -1.90. The molecule has 2 aromatic carbocycles. The summed E-state index contributed by atoms with van der Waals surface area (Å²) in [5.41, 5.74) is 0.0821. The summed E-state index contributed by atoms with van der Waals surface area (Å²) in [7, 11) is 0. The minimum atomic E-state index is -0.414. The number of hydrogen-bond donors (Lipinski definition) is 0. The topological polar surface area (TPSA) is 43.1 Å². The van der Waals surface area contributed by atoms with E-state index in [1.807, 2.05) is 24.3 Å². The third kappa shape index (κ3) is 1.36. The summed E-state index contributed by atoms with van der Waals surface area (Å²) in [6, 6.07) is 13.2. The molecule has 1 radical (unpaired) electrons. The van der Waals surface area contributed by atoms with E-state index in [1.165, 1.54) is 6.07 Å². The molecular weight excluding hydrogens is 166 g/mol. The van der Waals surface area contributed by atoms with E-state index >= 15 is 0 Å². The highest BCUT2D eigenvalue weighted by molar-refractivity contribution is 5.83. The molecule has 0 spiro atoms. The van der Waals surface area contributed by atoms with E-state index < -0.39 is 4.92 Å². The largest absolute Gasteiger partial charge is 0.270 e. The first-order valence-electron chi connectivity index (χ1n) is 3.82. The van der Waals surface area contributed by atoms with E-state index in [2.05, 4.69) is 6.07 Å². The number of nitrogens with zero attached hydrogens (tertiary/aromatic N) is 1. The monoisotopic (exact) mass is 172 g/mol. The van der Waals surface area contributed by atoms with Gasteiger partial charge in [0, 0.05) is 12.1 Å². The van der Waals surface area contributed by atoms with Gasteiger partial charge in [0.25, 0.3) is 5.69 Å². The van der Waals surface area contributed by atoms with Crippen LogP contribution < -0.4 is 0 Å². The lowest BCUT2D eigenvalue weighted by Crippen LogP contribution is -1.86. The Bertz CT molecular complexity index is 465. The minimum absolute atomic E-state index is 0.0821. The molecule has 0 atom stereocenters. The Balaban J connectivity index is 2.69. The van der Waals surface area contributed by atoms with Gasteiger partial charge in [-0.2, -0.15) is 0 Å². The maximum absolute atomic E-state index is 10.4. The zero-order chi connectivity index (χ0) is 9.26. The van der Waals surface area contributed by atoms with Crippen LogP contribution in [0.2, 0.25) is 0 Å². The van der Waals surface area contributed by atoms with Gasteiger partial charge in [0.2, 0.25) is 0 Å². The molecule has 2 rings (SSSR count). The van der Waals surface area contributed by atoms with Gasteiger partial charge in [-0.25, -0.2) is 0 Å². The van der Waals surface area contributed by atoms with Crippen LogP contribution in [0.1, 0.15) is 0 Å². The van der Waals surface area contributed by atoms with E-state index in [1.54, 1.807) is 6.07 Å². The van der Waals surface area contributed by atoms with Crippen molar-refractivity contribution in [2.45, 2.75) is 0 Å². The third-order valence-corrected chi connectivity index (χ3v) is 1.85. The zero-order valence-electron chi connectivity index (χ0n) is 6.73. The lowest BCUT2D eigenvalue weighted by atomic mass is 10.1. The molecular formula is C10H6NO2. The first-order chi connectivity index (χ1) is 6.27. The lowest BCUT2D eigenvalue weighted by molar-refractivity contribution is -0.384. The SMILES string of the molecule is O=[N+]([O-])c1c[c]c2ccccc2c1. The highest BCUT2D eigenvalue weighted by Gasteiger charge is 2.04. The summed E-state index contributed by atoms with van der Waals surface area (Å²) in [4.78, 5) is 10.0. The molecule has 13 heavy (non-hydrogen) atoms. The maximum atomic E-state index is 10.4. The van der Waals surface area contributed by atoms with Gasteiger partial charge in [-0.05, 0) is 16.8 Å². The fourth-order valence-electron chi connectivity index (χ4n) is 1.21. The Morgan fingerprint density at radius 2 is 2.08 bits per heavy atom. The molecule has 0 aromatic heterocycles. The molecule has 0 bridgehead atoms. The van der Waals surface area contributed by atoms with E-state index in [0.717, 1.165) is 10.8 Å². The summed E-state index contributed by atoms with van der Waals surface area (Å²) in [6.07, 6.45) is 0. The molecule has 0 fully saturated rings. The molecule has 3 heteroatoms. The molecule has 0 heterocycles. The molecule has 0 saturated heterocycles. The highest BCUT2D eigenvalue weighted by atomic mass is 16.6.